The number of hydrogen-bond donors (Lipinski definition) is 3. The largest absolute Gasteiger partial charge is 0.457 e. The molecule has 0 radical (unpaired) electrons. The van der Waals surface area contributed by atoms with Gasteiger partial charge in [0.05, 0.1) is 6.10 Å². The summed E-state index contributed by atoms with van der Waals surface area (Å²) >= 11 is 0. The number of carbonyl (C=O) groups is 3. The number of likely N-dealkylation sites (tertiary alicyclic amines) is 1. The zero-order chi connectivity index (χ0) is 29.7. The molecule has 42 heavy (non-hydrogen) atoms. The van der Waals surface area contributed by atoms with Crippen molar-refractivity contribution >= 4 is 17.7 Å². The molecule has 0 aromatic heterocycles. The molecule has 2 aromatic rings. The minimum absolute atomic E-state index is 0.0658. The van der Waals surface area contributed by atoms with E-state index in [4.69, 9.17) is 10.5 Å². The summed E-state index contributed by atoms with van der Waals surface area (Å²) < 4.78 is 5.90. The Labute approximate surface area is 248 Å². The van der Waals surface area contributed by atoms with Crippen molar-refractivity contribution in [3.8, 4) is 11.5 Å². The van der Waals surface area contributed by atoms with Gasteiger partial charge in [-0.25, -0.2) is 0 Å². The summed E-state index contributed by atoms with van der Waals surface area (Å²) in [5.74, 6) is 0.678. The van der Waals surface area contributed by atoms with Gasteiger partial charge in [0.2, 0.25) is 17.7 Å². The van der Waals surface area contributed by atoms with Crippen molar-refractivity contribution in [3.63, 3.8) is 0 Å². The van der Waals surface area contributed by atoms with E-state index in [1.807, 2.05) is 29.2 Å². The van der Waals surface area contributed by atoms with E-state index < -0.39 is 23.6 Å². The monoisotopic (exact) mass is 576 g/mol. The molecule has 1 spiro atoms. The Morgan fingerprint density at radius 2 is 1.64 bits per heavy atom. The fourth-order valence-electron chi connectivity index (χ4n) is 6.78. The third kappa shape index (κ3) is 6.47. The number of aliphatic hydroxyl groups is 1. The number of ether oxygens (including phenoxy) is 1. The van der Waals surface area contributed by atoms with Crippen molar-refractivity contribution in [2.75, 3.05) is 19.6 Å². The molecule has 2 atom stereocenters. The number of benzene rings is 2. The normalized spacial score (nSPS) is 22.1. The summed E-state index contributed by atoms with van der Waals surface area (Å²) in [5, 5.41) is 14.2. The van der Waals surface area contributed by atoms with Crippen LogP contribution in [0.25, 0.3) is 0 Å². The molecule has 4 N–H and O–H groups in total. The zero-order valence-corrected chi connectivity index (χ0v) is 24.6. The lowest BCUT2D eigenvalue weighted by Gasteiger charge is -2.52. The Bertz CT molecular complexity index is 1230. The van der Waals surface area contributed by atoms with Gasteiger partial charge in [0.25, 0.3) is 0 Å². The number of piperazine rings is 1. The second-order valence-electron chi connectivity index (χ2n) is 12.1. The van der Waals surface area contributed by atoms with Crippen LogP contribution in [0.5, 0.6) is 11.5 Å². The molecule has 1 saturated carbocycles. The van der Waals surface area contributed by atoms with Crippen molar-refractivity contribution in [3.05, 3.63) is 59.7 Å². The molecule has 226 valence electrons. The van der Waals surface area contributed by atoms with Gasteiger partial charge in [0, 0.05) is 31.7 Å². The number of nitrogens with one attached hydrogen (secondary N) is 1. The summed E-state index contributed by atoms with van der Waals surface area (Å²) in [6.07, 6.45) is 7.21. The fraction of sp³-hybridized carbons (Fsp3) is 0.545. The lowest BCUT2D eigenvalue weighted by Crippen LogP contribution is -2.75. The quantitative estimate of drug-likeness (QED) is 0.393. The third-order valence-electron chi connectivity index (χ3n) is 9.35. The van der Waals surface area contributed by atoms with Gasteiger partial charge >= 0.3 is 0 Å². The van der Waals surface area contributed by atoms with E-state index in [9.17, 15) is 19.5 Å². The van der Waals surface area contributed by atoms with Crippen LogP contribution in [0.3, 0.4) is 0 Å². The van der Waals surface area contributed by atoms with Crippen LogP contribution in [0.15, 0.2) is 48.5 Å². The molecule has 3 fully saturated rings. The number of nitrogens with zero attached hydrogens (tertiary/aromatic N) is 2. The molecular formula is C33H44N4O5. The number of aliphatic hydroxyl groups excluding tert-OH is 1. The predicted molar refractivity (Wildman–Crippen MR) is 160 cm³/mol. The first kappa shape index (κ1) is 30.0. The summed E-state index contributed by atoms with van der Waals surface area (Å²) in [6.45, 7) is 4.77. The molecule has 9 heteroatoms. The Morgan fingerprint density at radius 3 is 2.24 bits per heavy atom. The van der Waals surface area contributed by atoms with Gasteiger partial charge in [-0.05, 0) is 80.0 Å². The summed E-state index contributed by atoms with van der Waals surface area (Å²) in [5.41, 5.74) is 6.01. The zero-order valence-electron chi connectivity index (χ0n) is 24.6. The Hall–Kier alpha value is -3.43. The molecule has 2 aromatic carbocycles. The first-order valence-electron chi connectivity index (χ1n) is 15.5. The van der Waals surface area contributed by atoms with Gasteiger partial charge in [-0.1, -0.05) is 44.7 Å². The molecule has 5 rings (SSSR count). The highest BCUT2D eigenvalue weighted by Crippen LogP contribution is 2.36. The Kier molecular flexibility index (Phi) is 9.48. The molecule has 1 aliphatic carbocycles. The van der Waals surface area contributed by atoms with Crippen LogP contribution < -0.4 is 15.8 Å². The van der Waals surface area contributed by atoms with Gasteiger partial charge in [0.15, 0.2) is 0 Å². The predicted octanol–water partition coefficient (Wildman–Crippen LogP) is 3.98. The number of nitrogens with two attached hydrogens (primary N) is 1. The van der Waals surface area contributed by atoms with Crippen LogP contribution in [-0.2, 0) is 16.1 Å². The van der Waals surface area contributed by atoms with Gasteiger partial charge < -0.3 is 25.8 Å². The first-order chi connectivity index (χ1) is 20.3. The average Bonchev–Trinajstić information content (AvgIpc) is 3.01. The summed E-state index contributed by atoms with van der Waals surface area (Å²) in [4.78, 5) is 43.0. The van der Waals surface area contributed by atoms with Crippen LogP contribution in [-0.4, -0.2) is 69.9 Å². The topological polar surface area (TPSA) is 125 Å². The van der Waals surface area contributed by atoms with Crippen LogP contribution in [0.4, 0.5) is 0 Å². The first-order valence-corrected chi connectivity index (χ1v) is 15.5. The molecular weight excluding hydrogens is 532 g/mol. The molecule has 9 nitrogen and oxygen atoms in total. The molecule has 2 heterocycles. The van der Waals surface area contributed by atoms with Crippen molar-refractivity contribution in [2.45, 2.75) is 88.9 Å². The molecule has 2 saturated heterocycles. The molecule has 2 unspecified atom stereocenters. The van der Waals surface area contributed by atoms with E-state index in [1.54, 1.807) is 24.3 Å². The summed E-state index contributed by atoms with van der Waals surface area (Å²) in [7, 11) is 0. The van der Waals surface area contributed by atoms with Crippen LogP contribution in [0.1, 0.15) is 80.6 Å². The van der Waals surface area contributed by atoms with Gasteiger partial charge in [-0.2, -0.15) is 0 Å². The number of primary amides is 1. The maximum absolute atomic E-state index is 13.8. The second kappa shape index (κ2) is 13.3. The van der Waals surface area contributed by atoms with Crippen molar-refractivity contribution in [1.29, 1.82) is 0 Å². The molecule has 3 amide bonds. The fourth-order valence-corrected chi connectivity index (χ4v) is 6.78. The lowest BCUT2D eigenvalue weighted by molar-refractivity contribution is -0.166. The smallest absolute Gasteiger partial charge is 0.248 e. The Morgan fingerprint density at radius 1 is 1.02 bits per heavy atom. The SMILES string of the molecule is CCCCN1C(=O)C(C(O)C2CCCCC2)NC(=O)C12CCN(Cc1ccc(Oc3ccc(C(N)=O)cc3)cc1)CC2. The highest BCUT2D eigenvalue weighted by molar-refractivity contribution is 6.00. The number of hydrogen-bond acceptors (Lipinski definition) is 6. The van der Waals surface area contributed by atoms with E-state index in [-0.39, 0.29) is 17.7 Å². The van der Waals surface area contributed by atoms with Crippen LogP contribution in [0, 0.1) is 5.92 Å². The number of rotatable bonds is 10. The highest BCUT2D eigenvalue weighted by atomic mass is 16.5. The molecule has 0 bridgehead atoms. The standard InChI is InChI=1S/C33H44N4O5/c1-2-3-19-37-31(40)28(29(38)24-7-5-4-6-8-24)35-32(41)33(37)17-20-36(21-18-33)22-23-9-13-26(14-10-23)42-27-15-11-25(12-16-27)30(34)39/h9-16,24,28-29,38H,2-8,17-22H2,1H3,(H2,34,39)(H,35,41). The van der Waals surface area contributed by atoms with Crippen molar-refractivity contribution < 1.29 is 24.2 Å². The maximum atomic E-state index is 13.8. The minimum atomic E-state index is -0.854. The van der Waals surface area contributed by atoms with E-state index in [0.717, 1.165) is 50.6 Å². The van der Waals surface area contributed by atoms with E-state index >= 15 is 0 Å². The number of amides is 3. The third-order valence-corrected chi connectivity index (χ3v) is 9.35. The maximum Gasteiger partial charge on any atom is 0.248 e. The average molecular weight is 577 g/mol. The lowest BCUT2D eigenvalue weighted by atomic mass is 9.78. The number of unbranched alkanes of at least 4 members (excludes halogenated alkanes) is 1. The van der Waals surface area contributed by atoms with E-state index in [2.05, 4.69) is 17.1 Å². The Balaban J connectivity index is 1.20. The number of carbonyl (C=O) groups excluding carboxylic acids is 3. The van der Waals surface area contributed by atoms with Gasteiger partial charge in [-0.15, -0.1) is 0 Å². The number of piperidine rings is 1. The van der Waals surface area contributed by atoms with Crippen LogP contribution in [0.2, 0.25) is 0 Å². The molecule has 2 aliphatic heterocycles. The van der Waals surface area contributed by atoms with E-state index in [0.29, 0.717) is 49.5 Å². The minimum Gasteiger partial charge on any atom is -0.457 e. The van der Waals surface area contributed by atoms with Gasteiger partial charge in [-0.3, -0.25) is 19.3 Å². The van der Waals surface area contributed by atoms with Crippen LogP contribution >= 0.6 is 0 Å². The van der Waals surface area contributed by atoms with E-state index in [1.165, 1.54) is 6.42 Å². The second-order valence-corrected chi connectivity index (χ2v) is 12.1. The van der Waals surface area contributed by atoms with Crippen molar-refractivity contribution in [1.82, 2.24) is 15.1 Å². The molecule has 3 aliphatic rings. The van der Waals surface area contributed by atoms with Gasteiger partial charge in [0.1, 0.15) is 23.1 Å². The highest BCUT2D eigenvalue weighted by Gasteiger charge is 2.55. The summed E-state index contributed by atoms with van der Waals surface area (Å²) in [6, 6.07) is 13.7. The van der Waals surface area contributed by atoms with Crippen molar-refractivity contribution in [2.24, 2.45) is 11.7 Å².